The Bertz CT molecular complexity index is 510. The van der Waals surface area contributed by atoms with E-state index in [1.807, 2.05) is 0 Å². The predicted molar refractivity (Wildman–Crippen MR) is 78.5 cm³/mol. The molecular formula is C14H21NO10. The Kier molecular flexibility index (Phi) is 6.81. The van der Waals surface area contributed by atoms with Crippen LogP contribution < -0.4 is 0 Å². The second-order valence-electron chi connectivity index (χ2n) is 5.63. The predicted octanol–water partition coefficient (Wildman–Crippen LogP) is -3.27. The molecule has 0 saturated carbocycles. The summed E-state index contributed by atoms with van der Waals surface area (Å²) in [5.74, 6) is -0.594. The highest BCUT2D eigenvalue weighted by molar-refractivity contribution is 6.01. The number of hydrogen-bond donors (Lipinski definition) is 4. The first-order chi connectivity index (χ1) is 11.9. The maximum absolute atomic E-state index is 11.0. The Morgan fingerprint density at radius 2 is 2.04 bits per heavy atom. The molecule has 2 heterocycles. The van der Waals surface area contributed by atoms with Gasteiger partial charge in [0.1, 0.15) is 37.1 Å². The van der Waals surface area contributed by atoms with Crippen molar-refractivity contribution in [1.29, 1.82) is 0 Å². The number of aliphatic imine (C=N–C) groups is 1. The standard InChI is InChI=1S/C14H21NO10/c1-6(18)22-4-9(23-5-17)13(7-2-15-7)25-14-12(21)11(20)10(19)8(3-16)24-14/h5,8-14,16,19-21H,2-4H2,1H3/t8?,9-,10?,11?,12?,13?,14?/m1/s1. The van der Waals surface area contributed by atoms with E-state index in [1.165, 1.54) is 6.92 Å². The van der Waals surface area contributed by atoms with Crippen LogP contribution in [0.1, 0.15) is 6.92 Å². The summed E-state index contributed by atoms with van der Waals surface area (Å²) in [7, 11) is 0. The average Bonchev–Trinajstić information content (AvgIpc) is 3.41. The number of ether oxygens (including phenoxy) is 4. The molecule has 0 radical (unpaired) electrons. The molecule has 142 valence electrons. The Morgan fingerprint density at radius 3 is 2.56 bits per heavy atom. The van der Waals surface area contributed by atoms with Gasteiger partial charge in [-0.2, -0.15) is 0 Å². The van der Waals surface area contributed by atoms with E-state index in [0.29, 0.717) is 12.3 Å². The van der Waals surface area contributed by atoms with Crippen molar-refractivity contribution in [3.8, 4) is 0 Å². The van der Waals surface area contributed by atoms with Crippen molar-refractivity contribution in [2.24, 2.45) is 4.99 Å². The molecule has 0 aliphatic carbocycles. The van der Waals surface area contributed by atoms with E-state index in [1.54, 1.807) is 0 Å². The summed E-state index contributed by atoms with van der Waals surface area (Å²) in [6.07, 6.45) is -9.38. The van der Waals surface area contributed by atoms with Crippen molar-refractivity contribution in [2.75, 3.05) is 19.8 Å². The van der Waals surface area contributed by atoms with Crippen molar-refractivity contribution in [3.05, 3.63) is 0 Å². The quantitative estimate of drug-likeness (QED) is 0.241. The number of esters is 1. The smallest absolute Gasteiger partial charge is 0.302 e. The van der Waals surface area contributed by atoms with Crippen LogP contribution >= 0.6 is 0 Å². The molecule has 2 aliphatic heterocycles. The molecule has 0 spiro atoms. The molecule has 2 aliphatic rings. The Labute approximate surface area is 142 Å². The van der Waals surface area contributed by atoms with E-state index >= 15 is 0 Å². The number of carbonyl (C=O) groups excluding carboxylic acids is 2. The van der Waals surface area contributed by atoms with Crippen LogP contribution in [0, 0.1) is 0 Å². The maximum Gasteiger partial charge on any atom is 0.302 e. The lowest BCUT2D eigenvalue weighted by Crippen LogP contribution is -2.60. The first kappa shape index (κ1) is 19.7. The largest absolute Gasteiger partial charge is 0.462 e. The molecule has 2 rings (SSSR count). The molecule has 4 N–H and O–H groups in total. The highest BCUT2D eigenvalue weighted by Crippen LogP contribution is 2.25. The second kappa shape index (κ2) is 8.65. The van der Waals surface area contributed by atoms with Crippen LogP contribution in [0.4, 0.5) is 0 Å². The van der Waals surface area contributed by atoms with Gasteiger partial charge >= 0.3 is 5.97 Å². The van der Waals surface area contributed by atoms with Gasteiger partial charge in [-0.3, -0.25) is 14.6 Å². The van der Waals surface area contributed by atoms with Gasteiger partial charge in [0.15, 0.2) is 12.4 Å². The number of aliphatic hydroxyl groups is 4. The van der Waals surface area contributed by atoms with E-state index in [4.69, 9.17) is 18.9 Å². The van der Waals surface area contributed by atoms with E-state index in [9.17, 15) is 30.0 Å². The second-order valence-corrected chi connectivity index (χ2v) is 5.63. The fourth-order valence-electron chi connectivity index (χ4n) is 2.40. The minimum absolute atomic E-state index is 0.154. The lowest BCUT2D eigenvalue weighted by Gasteiger charge is -2.41. The first-order valence-corrected chi connectivity index (χ1v) is 7.60. The highest BCUT2D eigenvalue weighted by Gasteiger charge is 2.47. The SMILES string of the molecule is CC(=O)OC[C@@H](OC=O)C(OC1OC(CO)C(O)C(O)C1O)C1=NC1. The lowest BCUT2D eigenvalue weighted by atomic mass is 9.99. The molecule has 11 heteroatoms. The summed E-state index contributed by atoms with van der Waals surface area (Å²) in [6, 6.07) is 0. The van der Waals surface area contributed by atoms with Gasteiger partial charge in [0.2, 0.25) is 0 Å². The van der Waals surface area contributed by atoms with Crippen LogP contribution in [-0.4, -0.2) is 101 Å². The monoisotopic (exact) mass is 363 g/mol. The zero-order chi connectivity index (χ0) is 18.6. The lowest BCUT2D eigenvalue weighted by molar-refractivity contribution is -0.311. The summed E-state index contributed by atoms with van der Waals surface area (Å²) >= 11 is 0. The van der Waals surface area contributed by atoms with Crippen molar-refractivity contribution < 1.29 is 49.0 Å². The van der Waals surface area contributed by atoms with E-state index in [2.05, 4.69) is 4.99 Å². The molecule has 0 aromatic carbocycles. The van der Waals surface area contributed by atoms with Crippen molar-refractivity contribution >= 4 is 18.2 Å². The molecule has 1 saturated heterocycles. The number of carbonyl (C=O) groups is 2. The van der Waals surface area contributed by atoms with Crippen molar-refractivity contribution in [1.82, 2.24) is 0 Å². The van der Waals surface area contributed by atoms with Gasteiger partial charge in [-0.05, 0) is 0 Å². The minimum Gasteiger partial charge on any atom is -0.462 e. The maximum atomic E-state index is 11.0. The van der Waals surface area contributed by atoms with Crippen LogP contribution in [-0.2, 0) is 28.5 Å². The highest BCUT2D eigenvalue weighted by atomic mass is 16.7. The molecule has 1 fully saturated rings. The first-order valence-electron chi connectivity index (χ1n) is 7.60. The molecule has 6 unspecified atom stereocenters. The van der Waals surface area contributed by atoms with E-state index < -0.39 is 55.5 Å². The van der Waals surface area contributed by atoms with Crippen molar-refractivity contribution in [2.45, 2.75) is 49.8 Å². The fourth-order valence-corrected chi connectivity index (χ4v) is 2.40. The molecule has 7 atom stereocenters. The van der Waals surface area contributed by atoms with Crippen LogP contribution in [0.25, 0.3) is 0 Å². The molecule has 0 bridgehead atoms. The third-order valence-electron chi connectivity index (χ3n) is 3.82. The van der Waals surface area contributed by atoms with Gasteiger partial charge in [-0.1, -0.05) is 0 Å². The molecule has 0 aromatic rings. The normalized spacial score (nSPS) is 33.8. The fraction of sp³-hybridized carbons (Fsp3) is 0.786. The van der Waals surface area contributed by atoms with Gasteiger partial charge in [-0.25, -0.2) is 0 Å². The Balaban J connectivity index is 2.10. The summed E-state index contributed by atoms with van der Waals surface area (Å²) < 4.78 is 20.5. The van der Waals surface area contributed by atoms with Crippen LogP contribution in [0.3, 0.4) is 0 Å². The van der Waals surface area contributed by atoms with Gasteiger partial charge in [-0.15, -0.1) is 0 Å². The summed E-state index contributed by atoms with van der Waals surface area (Å²) in [5.41, 5.74) is 0.482. The molecule has 11 nitrogen and oxygen atoms in total. The summed E-state index contributed by atoms with van der Waals surface area (Å²) in [4.78, 5) is 25.6. The molecule has 25 heavy (non-hydrogen) atoms. The Morgan fingerprint density at radius 1 is 1.36 bits per heavy atom. The number of hydrogen-bond acceptors (Lipinski definition) is 11. The minimum atomic E-state index is -1.62. The number of aliphatic hydroxyl groups excluding tert-OH is 4. The van der Waals surface area contributed by atoms with Crippen LogP contribution in [0.5, 0.6) is 0 Å². The van der Waals surface area contributed by atoms with Crippen LogP contribution in [0.2, 0.25) is 0 Å². The van der Waals surface area contributed by atoms with Gasteiger partial charge < -0.3 is 39.4 Å². The zero-order valence-corrected chi connectivity index (χ0v) is 13.4. The summed E-state index contributed by atoms with van der Waals surface area (Å²) in [6.45, 7) is 0.731. The molecule has 0 aromatic heterocycles. The van der Waals surface area contributed by atoms with Crippen molar-refractivity contribution in [3.63, 3.8) is 0 Å². The molecule has 0 amide bonds. The molecular weight excluding hydrogens is 342 g/mol. The average molecular weight is 363 g/mol. The topological polar surface area (TPSA) is 164 Å². The number of nitrogens with zero attached hydrogens (tertiary/aromatic N) is 1. The number of rotatable bonds is 9. The van der Waals surface area contributed by atoms with E-state index in [-0.39, 0.29) is 13.1 Å². The van der Waals surface area contributed by atoms with Gasteiger partial charge in [0.05, 0.1) is 18.9 Å². The van der Waals surface area contributed by atoms with Crippen LogP contribution in [0.15, 0.2) is 4.99 Å². The van der Waals surface area contributed by atoms with Gasteiger partial charge in [0, 0.05) is 6.92 Å². The summed E-state index contributed by atoms with van der Waals surface area (Å²) in [5, 5.41) is 38.8. The third-order valence-corrected chi connectivity index (χ3v) is 3.82. The Hall–Kier alpha value is -1.63. The third kappa shape index (κ3) is 4.93. The van der Waals surface area contributed by atoms with E-state index in [0.717, 1.165) is 0 Å². The zero-order valence-electron chi connectivity index (χ0n) is 13.4. The van der Waals surface area contributed by atoms with Gasteiger partial charge in [0.25, 0.3) is 6.47 Å².